The molecule has 100 valence electrons. The quantitative estimate of drug-likeness (QED) is 0.725. The molecule has 1 heterocycles. The molecule has 0 aromatic heterocycles. The average molecular weight is 267 g/mol. The summed E-state index contributed by atoms with van der Waals surface area (Å²) in [6, 6.07) is -0.681. The van der Waals surface area contributed by atoms with E-state index in [2.05, 4.69) is 4.18 Å². The van der Waals surface area contributed by atoms with E-state index in [-0.39, 0.29) is 13.2 Å². The fourth-order valence-corrected chi connectivity index (χ4v) is 2.48. The highest BCUT2D eigenvalue weighted by Crippen LogP contribution is 2.22. The summed E-state index contributed by atoms with van der Waals surface area (Å²) in [4.78, 5) is 11.8. The van der Waals surface area contributed by atoms with Crippen LogP contribution in [0.3, 0.4) is 0 Å². The standard InChI is InChI=1S/C9H17NO6S/c1-9(2,3)16-8(11)10-7(5-14-4)6-15-17(10,12)13/h7H,5-6H2,1-4H3/t7-/m0/s1. The Kier molecular flexibility index (Phi) is 4.00. The highest BCUT2D eigenvalue weighted by molar-refractivity contribution is 7.85. The number of hydrogen-bond donors (Lipinski definition) is 0. The van der Waals surface area contributed by atoms with Gasteiger partial charge in [0.15, 0.2) is 0 Å². The lowest BCUT2D eigenvalue weighted by atomic mass is 10.2. The van der Waals surface area contributed by atoms with Gasteiger partial charge in [0.1, 0.15) is 11.6 Å². The molecule has 0 N–H and O–H groups in total. The number of carbonyl (C=O) groups excluding carboxylic acids is 1. The van der Waals surface area contributed by atoms with Crippen molar-refractivity contribution in [3.8, 4) is 0 Å². The summed E-state index contributed by atoms with van der Waals surface area (Å²) in [7, 11) is -2.64. The predicted octanol–water partition coefficient (Wildman–Crippen LogP) is 0.513. The fraction of sp³-hybridized carbons (Fsp3) is 0.889. The lowest BCUT2D eigenvalue weighted by molar-refractivity contribution is 0.0295. The zero-order valence-electron chi connectivity index (χ0n) is 10.3. The minimum atomic E-state index is -4.05. The first-order valence-corrected chi connectivity index (χ1v) is 6.44. The maximum Gasteiger partial charge on any atom is 0.426 e. The molecular weight excluding hydrogens is 250 g/mol. The summed E-state index contributed by atoms with van der Waals surface area (Å²) in [6.07, 6.45) is -0.947. The summed E-state index contributed by atoms with van der Waals surface area (Å²) in [5, 5.41) is 0. The Morgan fingerprint density at radius 2 is 2.06 bits per heavy atom. The van der Waals surface area contributed by atoms with Crippen molar-refractivity contribution in [2.45, 2.75) is 32.4 Å². The number of ether oxygens (including phenoxy) is 2. The van der Waals surface area contributed by atoms with Gasteiger partial charge >= 0.3 is 16.4 Å². The van der Waals surface area contributed by atoms with Crippen LogP contribution in [-0.2, 0) is 24.0 Å². The van der Waals surface area contributed by atoms with Gasteiger partial charge in [-0.1, -0.05) is 0 Å². The van der Waals surface area contributed by atoms with Crippen molar-refractivity contribution in [3.05, 3.63) is 0 Å². The monoisotopic (exact) mass is 267 g/mol. The largest absolute Gasteiger partial charge is 0.443 e. The van der Waals surface area contributed by atoms with E-state index >= 15 is 0 Å². The first kappa shape index (κ1) is 14.2. The highest BCUT2D eigenvalue weighted by atomic mass is 32.2. The van der Waals surface area contributed by atoms with Gasteiger partial charge < -0.3 is 9.47 Å². The molecule has 0 spiro atoms. The first-order chi connectivity index (χ1) is 7.67. The van der Waals surface area contributed by atoms with E-state index < -0.39 is 28.0 Å². The molecule has 0 aromatic carbocycles. The zero-order valence-corrected chi connectivity index (χ0v) is 11.1. The second-order valence-electron chi connectivity index (χ2n) is 4.63. The third-order valence-electron chi connectivity index (χ3n) is 1.91. The molecule has 0 unspecified atom stereocenters. The molecule has 1 aliphatic heterocycles. The van der Waals surface area contributed by atoms with Crippen LogP contribution in [0, 0.1) is 0 Å². The molecule has 0 saturated carbocycles. The van der Waals surface area contributed by atoms with Crippen molar-refractivity contribution < 1.29 is 26.9 Å². The van der Waals surface area contributed by atoms with Gasteiger partial charge in [-0.25, -0.2) is 4.79 Å². The summed E-state index contributed by atoms with van der Waals surface area (Å²) in [5.74, 6) is 0. The van der Waals surface area contributed by atoms with Crippen LogP contribution in [0.1, 0.15) is 20.8 Å². The second-order valence-corrected chi connectivity index (χ2v) is 6.11. The Labute approximate surface area is 101 Å². The SMILES string of the molecule is COC[C@H]1COS(=O)(=O)N1C(=O)OC(C)(C)C. The van der Waals surface area contributed by atoms with E-state index in [4.69, 9.17) is 9.47 Å². The summed E-state index contributed by atoms with van der Waals surface area (Å²) < 4.78 is 38.0. The highest BCUT2D eigenvalue weighted by Gasteiger charge is 2.44. The van der Waals surface area contributed by atoms with Crippen molar-refractivity contribution in [1.82, 2.24) is 4.31 Å². The van der Waals surface area contributed by atoms with Crippen LogP contribution in [-0.4, -0.2) is 50.8 Å². The maximum atomic E-state index is 11.8. The van der Waals surface area contributed by atoms with Crippen LogP contribution in [0.25, 0.3) is 0 Å². The van der Waals surface area contributed by atoms with Crippen molar-refractivity contribution in [1.29, 1.82) is 0 Å². The molecule has 7 nitrogen and oxygen atoms in total. The van der Waals surface area contributed by atoms with Gasteiger partial charge in [-0.15, -0.1) is 0 Å². The molecule has 17 heavy (non-hydrogen) atoms. The van der Waals surface area contributed by atoms with Gasteiger partial charge in [-0.3, -0.25) is 4.18 Å². The van der Waals surface area contributed by atoms with Crippen molar-refractivity contribution in [3.63, 3.8) is 0 Å². The molecule has 0 aromatic rings. The molecule has 1 rings (SSSR count). The van der Waals surface area contributed by atoms with Crippen molar-refractivity contribution >= 4 is 16.4 Å². The van der Waals surface area contributed by atoms with Gasteiger partial charge in [0.2, 0.25) is 0 Å². The lowest BCUT2D eigenvalue weighted by Crippen LogP contribution is -2.44. The van der Waals surface area contributed by atoms with E-state index in [1.807, 2.05) is 0 Å². The molecule has 1 aliphatic rings. The summed E-state index contributed by atoms with van der Waals surface area (Å²) in [6.45, 7) is 4.91. The maximum absolute atomic E-state index is 11.8. The van der Waals surface area contributed by atoms with E-state index in [9.17, 15) is 13.2 Å². The topological polar surface area (TPSA) is 82.1 Å². The number of nitrogens with zero attached hydrogens (tertiary/aromatic N) is 1. The van der Waals surface area contributed by atoms with Crippen LogP contribution in [0.4, 0.5) is 4.79 Å². The Balaban J connectivity index is 2.87. The van der Waals surface area contributed by atoms with E-state index in [1.165, 1.54) is 7.11 Å². The van der Waals surface area contributed by atoms with E-state index in [1.54, 1.807) is 20.8 Å². The van der Waals surface area contributed by atoms with Crippen molar-refractivity contribution in [2.75, 3.05) is 20.3 Å². The van der Waals surface area contributed by atoms with Crippen LogP contribution in [0.2, 0.25) is 0 Å². The molecular formula is C9H17NO6S. The van der Waals surface area contributed by atoms with Crippen LogP contribution < -0.4 is 0 Å². The molecule has 1 fully saturated rings. The third kappa shape index (κ3) is 3.55. The second kappa shape index (κ2) is 4.79. The smallest absolute Gasteiger partial charge is 0.426 e. The Morgan fingerprint density at radius 3 is 2.53 bits per heavy atom. The predicted molar refractivity (Wildman–Crippen MR) is 58.6 cm³/mol. The van der Waals surface area contributed by atoms with Gasteiger partial charge in [-0.05, 0) is 20.8 Å². The minimum Gasteiger partial charge on any atom is -0.443 e. The normalized spacial score (nSPS) is 23.8. The Morgan fingerprint density at radius 1 is 1.47 bits per heavy atom. The van der Waals surface area contributed by atoms with Gasteiger partial charge in [0, 0.05) is 7.11 Å². The van der Waals surface area contributed by atoms with Crippen LogP contribution in [0.15, 0.2) is 0 Å². The minimum absolute atomic E-state index is 0.0679. The average Bonchev–Trinajstić information content (AvgIpc) is 2.39. The zero-order chi connectivity index (χ0) is 13.3. The molecule has 0 aliphatic carbocycles. The number of rotatable bonds is 2. The molecule has 1 amide bonds. The van der Waals surface area contributed by atoms with Gasteiger partial charge in [-0.2, -0.15) is 12.7 Å². The third-order valence-corrected chi connectivity index (χ3v) is 3.28. The number of amides is 1. The number of carbonyl (C=O) groups is 1. The van der Waals surface area contributed by atoms with E-state index in [0.717, 1.165) is 0 Å². The molecule has 1 atom stereocenters. The lowest BCUT2D eigenvalue weighted by Gasteiger charge is -2.25. The molecule has 0 bridgehead atoms. The fourth-order valence-electron chi connectivity index (χ4n) is 1.33. The van der Waals surface area contributed by atoms with Gasteiger partial charge in [0.25, 0.3) is 0 Å². The number of hydrogen-bond acceptors (Lipinski definition) is 6. The van der Waals surface area contributed by atoms with Crippen LogP contribution >= 0.6 is 0 Å². The molecule has 1 saturated heterocycles. The summed E-state index contributed by atoms with van der Waals surface area (Å²) >= 11 is 0. The molecule has 8 heteroatoms. The Hall–Kier alpha value is -0.860. The number of methoxy groups -OCH3 is 1. The Bertz CT molecular complexity index is 385. The van der Waals surface area contributed by atoms with Crippen molar-refractivity contribution in [2.24, 2.45) is 0 Å². The van der Waals surface area contributed by atoms with E-state index in [0.29, 0.717) is 4.31 Å². The van der Waals surface area contributed by atoms with Gasteiger partial charge in [0.05, 0.1) is 13.2 Å². The van der Waals surface area contributed by atoms with Crippen LogP contribution in [0.5, 0.6) is 0 Å². The summed E-state index contributed by atoms with van der Waals surface area (Å²) in [5.41, 5.74) is -0.771. The molecule has 0 radical (unpaired) electrons. The first-order valence-electron chi connectivity index (χ1n) is 5.08.